The van der Waals surface area contributed by atoms with Crippen LogP contribution >= 0.6 is 25.3 Å². The highest BCUT2D eigenvalue weighted by atomic mass is 32.1. The van der Waals surface area contributed by atoms with Gasteiger partial charge in [-0.15, -0.1) is 0 Å². The van der Waals surface area contributed by atoms with Crippen molar-refractivity contribution in [2.45, 2.75) is 233 Å². The van der Waals surface area contributed by atoms with E-state index in [-0.39, 0.29) is 178 Å². The number of hydrogen-bond donors (Lipinski definition) is 34. The Bertz CT molecular complexity index is 5110. The van der Waals surface area contributed by atoms with Crippen LogP contribution in [0.25, 0.3) is 10.8 Å². The summed E-state index contributed by atoms with van der Waals surface area (Å²) >= 11 is 8.65. The predicted molar refractivity (Wildman–Crippen MR) is 531 cm³/mol. The van der Waals surface area contributed by atoms with Crippen molar-refractivity contribution in [2.75, 3.05) is 57.3 Å². The van der Waals surface area contributed by atoms with Crippen molar-refractivity contribution >= 4 is 167 Å². The number of unbranched alkanes of at least 4 members (excludes halogenated alkanes) is 1. The van der Waals surface area contributed by atoms with Gasteiger partial charge in [0.2, 0.25) is 88.6 Å². The average molecular weight is 2060 g/mol. The molecule has 0 aliphatic carbocycles. The third-order valence-corrected chi connectivity index (χ3v) is 23.4. The van der Waals surface area contributed by atoms with Crippen LogP contribution < -0.4 is 136 Å². The molecule has 1 aliphatic rings. The molecular formula is C90H135N29O23S2. The number of carboxylic acids is 2. The molecule has 1 heterocycles. The monoisotopic (exact) mass is 2050 g/mol. The number of aliphatic carboxylic acids is 2. The number of fused-ring (bicyclic) bond motifs is 1. The van der Waals surface area contributed by atoms with E-state index >= 15 is 28.8 Å². The summed E-state index contributed by atoms with van der Waals surface area (Å²) in [5.41, 5.74) is 39.7. The molecule has 1 fully saturated rings. The molecule has 39 N–H and O–H groups in total. The molecular weight excluding hydrogens is 1920 g/mol. The van der Waals surface area contributed by atoms with Gasteiger partial charge in [-0.05, 0) is 167 Å². The summed E-state index contributed by atoms with van der Waals surface area (Å²) in [6.07, 6.45) is -4.47. The number of phenolic OH excluding ortho intramolecular Hbond substituents is 2. The van der Waals surface area contributed by atoms with E-state index in [4.69, 9.17) is 56.4 Å². The molecule has 0 unspecified atom stereocenters. The van der Waals surface area contributed by atoms with Crippen LogP contribution in [0.2, 0.25) is 0 Å². The molecule has 0 radical (unpaired) electrons. The molecule has 52 nitrogen and oxygen atoms in total. The number of aromatic hydroxyl groups is 2. The largest absolute Gasteiger partial charge is 0.508 e. The Morgan fingerprint density at radius 1 is 0.361 bits per heavy atom. The first-order valence-corrected chi connectivity index (χ1v) is 47.9. The third-order valence-electron chi connectivity index (χ3n) is 22.6. The average Bonchev–Trinajstić information content (AvgIpc) is 1.58. The molecule has 790 valence electrons. The summed E-state index contributed by atoms with van der Waals surface area (Å²) in [5.74, 6) is -20.3. The predicted octanol–water partition coefficient (Wildman–Crippen LogP) is -6.52. The minimum Gasteiger partial charge on any atom is -0.508 e. The Labute approximate surface area is 840 Å². The first-order valence-electron chi connectivity index (χ1n) is 46.6. The number of likely N-dealkylation sites (tertiary alicyclic amines) is 1. The molecule has 4 aromatic rings. The quantitative estimate of drug-likeness (QED) is 0.00846. The Morgan fingerprint density at radius 3 is 1.03 bits per heavy atom. The summed E-state index contributed by atoms with van der Waals surface area (Å²) in [7, 11) is 0. The second kappa shape index (κ2) is 62.8. The van der Waals surface area contributed by atoms with Gasteiger partial charge in [-0.2, -0.15) is 25.3 Å². The van der Waals surface area contributed by atoms with Gasteiger partial charge >= 0.3 is 24.0 Å². The lowest BCUT2D eigenvalue weighted by Crippen LogP contribution is -2.61. The van der Waals surface area contributed by atoms with Crippen LogP contribution in [-0.4, -0.2) is 298 Å². The van der Waals surface area contributed by atoms with Gasteiger partial charge < -0.3 is 161 Å². The number of nitrogens with one attached hydrogen (secondary N) is 21. The maximum atomic E-state index is 15.2. The lowest BCUT2D eigenvalue weighted by molar-refractivity contribution is -0.143. The number of primary amides is 3. The highest BCUT2D eigenvalue weighted by Crippen LogP contribution is 2.24. The smallest absolute Gasteiger partial charge is 0.312 e. The van der Waals surface area contributed by atoms with Crippen LogP contribution in [0.15, 0.2) is 91.0 Å². The summed E-state index contributed by atoms with van der Waals surface area (Å²) in [6, 6.07) is -1.16. The lowest BCUT2D eigenvalue weighted by atomic mass is 10.00. The molecule has 14 atom stereocenters. The summed E-state index contributed by atoms with van der Waals surface area (Å²) in [4.78, 5) is 266. The van der Waals surface area contributed by atoms with E-state index < -0.39 is 247 Å². The minimum atomic E-state index is -1.80. The fourth-order valence-electron chi connectivity index (χ4n) is 15.2. The van der Waals surface area contributed by atoms with Crippen LogP contribution in [0, 0.1) is 16.2 Å². The van der Waals surface area contributed by atoms with Gasteiger partial charge in [0.1, 0.15) is 96.1 Å². The van der Waals surface area contributed by atoms with Crippen LogP contribution in [-0.2, 0) is 101 Å². The Hall–Kier alpha value is -15.3. The Balaban J connectivity index is 1.48. The van der Waals surface area contributed by atoms with E-state index in [9.17, 15) is 82.8 Å². The molecule has 144 heavy (non-hydrogen) atoms. The van der Waals surface area contributed by atoms with Crippen LogP contribution in [0.4, 0.5) is 9.59 Å². The summed E-state index contributed by atoms with van der Waals surface area (Å²) in [5, 5.41) is 110. The second-order valence-corrected chi connectivity index (χ2v) is 34.8. The third kappa shape index (κ3) is 44.3. The topological polar surface area (TPSA) is 879 Å². The molecule has 1 aliphatic heterocycles. The van der Waals surface area contributed by atoms with E-state index in [1.807, 2.05) is 6.07 Å². The minimum absolute atomic E-state index is 0.00576. The zero-order valence-corrected chi connectivity index (χ0v) is 81.4. The van der Waals surface area contributed by atoms with E-state index in [0.29, 0.717) is 16.7 Å². The molecule has 0 aromatic heterocycles. The number of phenols is 2. The standard InChI is InChI=1S/C90H135N29O23S2/c1-48(120)106-62(31-33-70(123)124)78(133)110-60(17-8-38-103-88(97)98)76(131)114-66(45-51-21-26-52-12-2-3-13-53(52)42-51)81(136)118-68(47-144)83(138)115-64(43-49-22-27-54(121)28-23-49)79(134)111-59(18-9-39-104-89(99)141)73(128)108-57(14-4-5-35-91)75(130)113-63(32-34-71(125)126)85(140)119-41-11-20-69(119)84(139)116-65(44-50-24-29-55(122)30-25-50)80(135)112-58(16-7-37-102-87(95)96)74(129)109-61(19-10-40-105-90(100)142)77(132)117-67(46-143)82(137)107-56(72(92)127)15-6-36-101-86(93)94/h2-3,12-13,21-30,42,56-69,121-122,143-144H,4-11,14-20,31-41,43-47,91H2,1H3,(H2,92,127)(H,106,120)(H,107,137)(H,108,128)(H,109,129)(H,110,133)(H,111,134)(H,112,135)(H,113,130)(H,114,131)(H,115,138)(H,116,139)(H,117,132)(H,118,136)(H,123,124)(H,125,126)(H4,93,94,101)(H4,95,96,102)(H4,97,98,103)(H3,99,104,141)(H3,100,105,142)/t56-,57-,58-,59-,60-,61-,62-,63+,64-,65-,66-,67-,68-,69-/m0/s1. The number of urea groups is 2. The van der Waals surface area contributed by atoms with Crippen molar-refractivity contribution < 1.29 is 112 Å². The molecule has 5 rings (SSSR count). The Morgan fingerprint density at radius 2 is 0.667 bits per heavy atom. The van der Waals surface area contributed by atoms with E-state index in [1.54, 1.807) is 36.4 Å². The molecule has 1 saturated heterocycles. The van der Waals surface area contributed by atoms with E-state index in [0.717, 1.165) is 22.6 Å². The number of nitrogens with two attached hydrogens (primary N) is 7. The number of carbonyl (C=O) groups excluding carboxylic acids is 17. The zero-order valence-electron chi connectivity index (χ0n) is 79.6. The number of guanidine groups is 3. The fraction of sp³-hybridized carbons (Fsp3) is 0.511. The van der Waals surface area contributed by atoms with Crippen LogP contribution in [0.5, 0.6) is 11.5 Å². The van der Waals surface area contributed by atoms with Crippen molar-refractivity contribution in [3.63, 3.8) is 0 Å². The van der Waals surface area contributed by atoms with Gasteiger partial charge in [-0.3, -0.25) is 97.7 Å². The number of nitrogens with zero attached hydrogens (tertiary/aromatic N) is 1. The van der Waals surface area contributed by atoms with Crippen LogP contribution in [0.3, 0.4) is 0 Å². The number of carbonyl (C=O) groups is 19. The van der Waals surface area contributed by atoms with Gasteiger partial charge in [0, 0.05) is 89.8 Å². The maximum Gasteiger partial charge on any atom is 0.312 e. The maximum absolute atomic E-state index is 15.2. The van der Waals surface area contributed by atoms with Crippen molar-refractivity contribution in [1.82, 2.24) is 101 Å². The van der Waals surface area contributed by atoms with Gasteiger partial charge in [-0.25, -0.2) is 9.59 Å². The van der Waals surface area contributed by atoms with Crippen LogP contribution in [0.1, 0.15) is 146 Å². The van der Waals surface area contributed by atoms with Crippen molar-refractivity contribution in [1.29, 1.82) is 16.2 Å². The van der Waals surface area contributed by atoms with Gasteiger partial charge in [0.25, 0.3) is 0 Å². The van der Waals surface area contributed by atoms with Crippen molar-refractivity contribution in [3.8, 4) is 11.5 Å². The van der Waals surface area contributed by atoms with E-state index in [2.05, 4.69) is 121 Å². The zero-order chi connectivity index (χ0) is 107. The first kappa shape index (κ1) is 119. The van der Waals surface area contributed by atoms with Gasteiger partial charge in [0.15, 0.2) is 17.9 Å². The van der Waals surface area contributed by atoms with Crippen molar-refractivity contribution in [2.24, 2.45) is 40.1 Å². The molecule has 54 heteroatoms. The highest BCUT2D eigenvalue weighted by Gasteiger charge is 2.43. The molecule has 0 bridgehead atoms. The number of carboxylic acid groups (broad SMARTS) is 2. The fourth-order valence-corrected chi connectivity index (χ4v) is 15.7. The molecule has 0 saturated carbocycles. The summed E-state index contributed by atoms with van der Waals surface area (Å²) < 4.78 is 0. The van der Waals surface area contributed by atoms with Crippen molar-refractivity contribution in [3.05, 3.63) is 108 Å². The second-order valence-electron chi connectivity index (χ2n) is 34.0. The van der Waals surface area contributed by atoms with Gasteiger partial charge in [-0.1, -0.05) is 66.7 Å². The number of thiol groups is 2. The number of benzene rings is 4. The molecule has 0 spiro atoms. The highest BCUT2D eigenvalue weighted by molar-refractivity contribution is 7.80. The number of hydrogen-bond acceptors (Lipinski definition) is 27. The lowest BCUT2D eigenvalue weighted by Gasteiger charge is -2.31. The Kier molecular flexibility index (Phi) is 52.0. The molecule has 4 aromatic carbocycles. The SMILES string of the molecule is CC(=O)N[C@@H](CCC(=O)O)C(=O)N[C@@H](CCCNC(=N)N)C(=O)N[C@@H](Cc1ccc2ccccc2c1)C(=O)N[C@@H](CS)C(=O)N[C@@H](Cc1ccc(O)cc1)C(=O)N[C@@H](CCCNC(N)=O)C(=O)N[C@@H](CCCCN)C(=O)N[C@H](CCC(=O)O)C(=O)N1CCC[C@H]1C(=O)N[C@@H](Cc1ccc(O)cc1)C(=O)N[C@@H](CCCNC(=N)N)C(=O)N[C@@H](CCCNC(N)=O)C(=O)N[C@@H](CS)C(=O)N[C@@H](CCCNC(=N)N)C(N)=O. The normalized spacial score (nSPS) is 14.7. The number of rotatable bonds is 65. The molecule has 19 amide bonds. The van der Waals surface area contributed by atoms with E-state index in [1.165, 1.54) is 48.5 Å². The van der Waals surface area contributed by atoms with Gasteiger partial charge in [0.05, 0.1) is 0 Å². The summed E-state index contributed by atoms with van der Waals surface area (Å²) in [6.45, 7) is 0.664. The number of amides is 19. The first-order chi connectivity index (χ1) is 68.4.